The predicted molar refractivity (Wildman–Crippen MR) is 239 cm³/mol. The Morgan fingerprint density at radius 3 is 2.49 bits per heavy atom. The summed E-state index contributed by atoms with van der Waals surface area (Å²) >= 11 is 0. The lowest BCUT2D eigenvalue weighted by Crippen LogP contribution is -2.70. The van der Waals surface area contributed by atoms with Gasteiger partial charge in [-0.1, -0.05) is 36.2 Å². The number of aldehydes is 1. The van der Waals surface area contributed by atoms with E-state index in [-0.39, 0.29) is 57.3 Å². The van der Waals surface area contributed by atoms with Gasteiger partial charge in [0, 0.05) is 44.1 Å². The summed E-state index contributed by atoms with van der Waals surface area (Å²) in [6.07, 6.45) is 10.6. The summed E-state index contributed by atoms with van der Waals surface area (Å²) in [5.41, 5.74) is 3.51. The van der Waals surface area contributed by atoms with Crippen molar-refractivity contribution >= 4 is 18.1 Å². The second kappa shape index (κ2) is 21.1. The quantitative estimate of drug-likeness (QED) is 0.0479. The lowest BCUT2D eigenvalue weighted by atomic mass is 9.55. The summed E-state index contributed by atoms with van der Waals surface area (Å²) in [6, 6.07) is 15.5. The summed E-state index contributed by atoms with van der Waals surface area (Å²) in [5, 5.41) is 24.9. The normalized spacial score (nSPS) is 25.6. The van der Waals surface area contributed by atoms with Crippen molar-refractivity contribution in [3.8, 4) is 34.5 Å². The van der Waals surface area contributed by atoms with Crippen molar-refractivity contribution < 1.29 is 62.5 Å². The topological polar surface area (TPSA) is 173 Å². The minimum absolute atomic E-state index is 0.0129. The van der Waals surface area contributed by atoms with E-state index in [1.807, 2.05) is 36.4 Å². The molecule has 15 nitrogen and oxygen atoms in total. The van der Waals surface area contributed by atoms with Gasteiger partial charge in [-0.15, -0.1) is 6.58 Å². The molecule has 2 aliphatic carbocycles. The highest BCUT2D eigenvalue weighted by atomic mass is 16.8. The Balaban J connectivity index is 1.32. The van der Waals surface area contributed by atoms with Gasteiger partial charge in [-0.3, -0.25) is 9.69 Å². The fraction of sp³-hybridized carbons (Fsp3) is 0.500. The average molecular weight is 897 g/mol. The van der Waals surface area contributed by atoms with Crippen molar-refractivity contribution in [2.45, 2.75) is 94.8 Å². The number of benzene rings is 3. The molecule has 8 rings (SSSR count). The van der Waals surface area contributed by atoms with Crippen LogP contribution in [-0.4, -0.2) is 98.8 Å². The van der Waals surface area contributed by atoms with Crippen molar-refractivity contribution in [3.63, 3.8) is 0 Å². The number of carbonyl (C=O) groups is 2. The van der Waals surface area contributed by atoms with Crippen LogP contribution in [0.4, 0.5) is 4.79 Å². The number of carbonyl (C=O) groups excluding carboxylic acids is 2. The number of oxime groups is 1. The smallest absolute Gasteiger partial charge is 0.410 e. The molecule has 7 unspecified atom stereocenters. The molecule has 0 spiro atoms. The van der Waals surface area contributed by atoms with Crippen molar-refractivity contribution in [1.82, 2.24) is 4.90 Å². The Labute approximate surface area is 379 Å². The van der Waals surface area contributed by atoms with E-state index in [1.54, 1.807) is 29.2 Å². The zero-order valence-corrected chi connectivity index (χ0v) is 37.2. The number of fused-ring (bicyclic) bond motifs is 3. The van der Waals surface area contributed by atoms with Gasteiger partial charge in [0.2, 0.25) is 18.9 Å². The molecule has 3 aliphatic heterocycles. The van der Waals surface area contributed by atoms with Gasteiger partial charge in [0.05, 0.1) is 44.6 Å². The zero-order valence-electron chi connectivity index (χ0n) is 37.2. The third kappa shape index (κ3) is 9.69. The van der Waals surface area contributed by atoms with E-state index in [4.69, 9.17) is 47.9 Å². The van der Waals surface area contributed by atoms with E-state index in [1.165, 1.54) is 14.2 Å². The first kappa shape index (κ1) is 45.9. The van der Waals surface area contributed by atoms with Gasteiger partial charge in [-0.05, 0) is 110 Å². The lowest BCUT2D eigenvalue weighted by molar-refractivity contribution is -0.256. The number of nitrogens with zero attached hydrogens (tertiary/aromatic N) is 2. The molecule has 2 N–H and O–H groups in total. The summed E-state index contributed by atoms with van der Waals surface area (Å²) in [7, 11) is 2.87. The van der Waals surface area contributed by atoms with Gasteiger partial charge < -0.3 is 52.9 Å². The Bertz CT molecular complexity index is 2220. The van der Waals surface area contributed by atoms with Gasteiger partial charge >= 0.3 is 6.09 Å². The molecule has 0 bridgehead atoms. The van der Waals surface area contributed by atoms with E-state index >= 15 is 0 Å². The number of aliphatic hydroxyl groups is 2. The third-order valence-electron chi connectivity index (χ3n) is 13.2. The maximum atomic E-state index is 14.4. The van der Waals surface area contributed by atoms with Gasteiger partial charge in [0.25, 0.3) is 0 Å². The molecule has 3 aromatic carbocycles. The molecule has 3 aromatic rings. The van der Waals surface area contributed by atoms with E-state index < -0.39 is 30.1 Å². The molecule has 5 aliphatic rings. The van der Waals surface area contributed by atoms with Crippen LogP contribution in [0.3, 0.4) is 0 Å². The van der Waals surface area contributed by atoms with Gasteiger partial charge in [0.15, 0.2) is 17.8 Å². The highest BCUT2D eigenvalue weighted by molar-refractivity contribution is 6.03. The first-order valence-corrected chi connectivity index (χ1v) is 22.7. The van der Waals surface area contributed by atoms with E-state index in [2.05, 4.69) is 12.7 Å². The number of unbranched alkanes of at least 4 members (excludes halogenated alkanes) is 2. The fourth-order valence-electron chi connectivity index (χ4n) is 10.3. The number of rotatable bonds is 20. The molecular weight excluding hydrogens is 837 g/mol. The SMILES string of the molecule is C=CCOC12Oc3ccc(Oc4ccc(OC)c(C=O)c4)cc3C3C(CCCCO)C(CCCCO)C=C(C(=NOC4CCCCO4)CC1N(Cc1ccc4c(c1)OCO4)C(=O)OC)C32. The molecule has 0 radical (unpaired) electrons. The van der Waals surface area contributed by atoms with Gasteiger partial charge in [0.1, 0.15) is 29.0 Å². The minimum Gasteiger partial charge on any atom is -0.496 e. The second-order valence-corrected chi connectivity index (χ2v) is 17.1. The van der Waals surface area contributed by atoms with Crippen LogP contribution < -0.4 is 23.7 Å². The maximum Gasteiger partial charge on any atom is 0.410 e. The Morgan fingerprint density at radius 2 is 1.74 bits per heavy atom. The van der Waals surface area contributed by atoms with Crippen molar-refractivity contribution in [2.75, 3.05) is 47.4 Å². The van der Waals surface area contributed by atoms with E-state index in [0.717, 1.165) is 61.5 Å². The van der Waals surface area contributed by atoms with E-state index in [0.29, 0.717) is 71.6 Å². The standard InChI is InChI=1S/C50H60N2O13/c1-4-22-62-50-45(52(49(56)58-3)29-32-14-17-43-44(24-32)61-31-60-43)28-40(51-65-46-13-7-10-23-59-46)38-26-33(11-5-8-20-53)37(12-6-9-21-54)47(48(38)50)39-27-36(16-19-42(39)64-50)63-35-15-18-41(57-2)34(25-35)30-55/h4,14-19,24-27,30,33,37,45-48,53-54H,1,5-13,20-23,28-29,31H2,2-3H3. The van der Waals surface area contributed by atoms with Gasteiger partial charge in [-0.2, -0.15) is 0 Å². The largest absolute Gasteiger partial charge is 0.496 e. The maximum absolute atomic E-state index is 14.4. The highest BCUT2D eigenvalue weighted by Crippen LogP contribution is 2.62. The fourth-order valence-corrected chi connectivity index (χ4v) is 10.3. The molecule has 65 heavy (non-hydrogen) atoms. The first-order chi connectivity index (χ1) is 31.8. The number of allylic oxidation sites excluding steroid dienone is 1. The average Bonchev–Trinajstić information content (AvgIpc) is 3.81. The Kier molecular flexibility index (Phi) is 14.9. The number of ether oxygens (including phenoxy) is 8. The van der Waals surface area contributed by atoms with Crippen LogP contribution in [0.25, 0.3) is 0 Å². The number of methoxy groups -OCH3 is 2. The molecule has 0 aromatic heterocycles. The molecular formula is C50H60N2O13. The van der Waals surface area contributed by atoms with Crippen LogP contribution in [0.5, 0.6) is 34.5 Å². The molecule has 7 atom stereocenters. The summed E-state index contributed by atoms with van der Waals surface area (Å²) in [4.78, 5) is 34.3. The van der Waals surface area contributed by atoms with Crippen LogP contribution >= 0.6 is 0 Å². The molecule has 1 saturated carbocycles. The van der Waals surface area contributed by atoms with Crippen LogP contribution in [0.1, 0.15) is 91.6 Å². The monoisotopic (exact) mass is 896 g/mol. The van der Waals surface area contributed by atoms with Crippen molar-refractivity contribution in [3.05, 3.63) is 95.6 Å². The number of hydrogen-bond acceptors (Lipinski definition) is 14. The first-order valence-electron chi connectivity index (χ1n) is 22.7. The zero-order chi connectivity index (χ0) is 45.3. The number of aliphatic hydroxyl groups excluding tert-OH is 2. The molecule has 15 heteroatoms. The van der Waals surface area contributed by atoms with Crippen LogP contribution in [0, 0.1) is 17.8 Å². The Morgan fingerprint density at radius 1 is 0.954 bits per heavy atom. The second-order valence-electron chi connectivity index (χ2n) is 17.1. The lowest BCUT2D eigenvalue weighted by Gasteiger charge is -2.59. The summed E-state index contributed by atoms with van der Waals surface area (Å²) in [6.45, 7) is 5.02. The third-order valence-corrected chi connectivity index (χ3v) is 13.2. The molecule has 1 amide bonds. The van der Waals surface area contributed by atoms with Crippen LogP contribution in [0.15, 0.2) is 84.1 Å². The summed E-state index contributed by atoms with van der Waals surface area (Å²) in [5.74, 6) is 0.736. The molecule has 348 valence electrons. The number of hydrogen-bond donors (Lipinski definition) is 2. The molecule has 1 saturated heterocycles. The molecule has 2 fully saturated rings. The van der Waals surface area contributed by atoms with Crippen LogP contribution in [-0.2, 0) is 25.6 Å². The minimum atomic E-state index is -1.52. The van der Waals surface area contributed by atoms with Gasteiger partial charge in [-0.25, -0.2) is 4.79 Å². The summed E-state index contributed by atoms with van der Waals surface area (Å²) < 4.78 is 49.2. The van der Waals surface area contributed by atoms with E-state index in [9.17, 15) is 19.8 Å². The number of amides is 1. The van der Waals surface area contributed by atoms with Crippen molar-refractivity contribution in [2.24, 2.45) is 22.9 Å². The predicted octanol–water partition coefficient (Wildman–Crippen LogP) is 8.46. The van der Waals surface area contributed by atoms with Crippen molar-refractivity contribution in [1.29, 1.82) is 0 Å². The Hall–Kier alpha value is -5.61. The van der Waals surface area contributed by atoms with Crippen LogP contribution in [0.2, 0.25) is 0 Å². The molecule has 3 heterocycles. The highest BCUT2D eigenvalue weighted by Gasteiger charge is 2.65.